The van der Waals surface area contributed by atoms with Crippen molar-refractivity contribution in [2.45, 2.75) is 162 Å². The number of aromatic nitrogens is 4. The number of para-hydroxylation sites is 4. The van der Waals surface area contributed by atoms with Crippen LogP contribution in [0.1, 0.15) is 174 Å². The van der Waals surface area contributed by atoms with E-state index in [0.717, 1.165) is 107 Å². The highest BCUT2D eigenvalue weighted by Gasteiger charge is 2.39. The molecule has 0 saturated carbocycles. The maximum Gasteiger partial charge on any atom is 0.328 e. The van der Waals surface area contributed by atoms with E-state index in [1.165, 1.54) is 0 Å². The first kappa shape index (κ1) is 77.6. The van der Waals surface area contributed by atoms with E-state index in [-0.39, 0.29) is 44.6 Å². The van der Waals surface area contributed by atoms with Gasteiger partial charge in [-0.15, -0.1) is 0 Å². The van der Waals surface area contributed by atoms with Crippen molar-refractivity contribution >= 4 is 79.7 Å². The third-order valence-corrected chi connectivity index (χ3v) is 21.5. The lowest BCUT2D eigenvalue weighted by Crippen LogP contribution is -2.54. The number of benzene rings is 8. The Hall–Kier alpha value is -10.0. The third-order valence-electron chi connectivity index (χ3n) is 21.5. The largest absolute Gasteiger partial charge is 0.493 e. The number of nitrogens with zero attached hydrogens (tertiary/aromatic N) is 6. The Morgan fingerprint density at radius 1 is 0.389 bits per heavy atom. The fourth-order valence-electron chi connectivity index (χ4n) is 17.3. The Morgan fingerprint density at radius 2 is 0.685 bits per heavy atom. The molecule has 0 aliphatic heterocycles. The van der Waals surface area contributed by atoms with Crippen molar-refractivity contribution in [1.29, 1.82) is 10.5 Å². The van der Waals surface area contributed by atoms with Gasteiger partial charge in [0.15, 0.2) is 11.2 Å². The van der Waals surface area contributed by atoms with E-state index in [0.29, 0.717) is 92.4 Å². The second-order valence-electron chi connectivity index (χ2n) is 35.8. The van der Waals surface area contributed by atoms with Crippen LogP contribution in [-0.2, 0) is 0 Å². The molecule has 4 aromatic heterocycles. The highest BCUT2D eigenvalue weighted by atomic mass is 16.5. The molecule has 12 heteroatoms. The number of hydrogen-bond acceptors (Lipinski definition) is 8. The lowest BCUT2D eigenvalue weighted by Gasteiger charge is -2.31. The molecular weight excluding hydrogens is 1320 g/mol. The lowest BCUT2D eigenvalue weighted by atomic mass is 9.50. The maximum absolute atomic E-state index is 12.7. The van der Waals surface area contributed by atoms with Crippen molar-refractivity contribution in [3.8, 4) is 46.2 Å². The predicted molar refractivity (Wildman–Crippen MR) is 450 cm³/mol. The van der Waals surface area contributed by atoms with Crippen LogP contribution < -0.4 is 42.0 Å². The summed E-state index contributed by atoms with van der Waals surface area (Å²) in [7, 11) is 0. The third kappa shape index (κ3) is 18.6. The molecule has 10 nitrogen and oxygen atoms in total. The summed E-state index contributed by atoms with van der Waals surface area (Å²) in [6.45, 7) is 37.6. The Bertz CT molecular complexity index is 4740. The number of nitriles is 2. The van der Waals surface area contributed by atoms with Gasteiger partial charge in [0, 0.05) is 22.2 Å². The topological polar surface area (TPSA) is 128 Å². The molecule has 0 aliphatic carbocycles. The molecule has 8 aromatic carbocycles. The first-order valence-corrected chi connectivity index (χ1v) is 39.4. The van der Waals surface area contributed by atoms with Crippen molar-refractivity contribution in [1.82, 2.24) is 18.9 Å². The smallest absolute Gasteiger partial charge is 0.328 e. The minimum absolute atomic E-state index is 0.149. The second kappa shape index (κ2) is 33.2. The lowest BCUT2D eigenvalue weighted by molar-refractivity contribution is 0.147. The van der Waals surface area contributed by atoms with Gasteiger partial charge in [-0.05, 0) is 180 Å². The summed E-state index contributed by atoms with van der Waals surface area (Å²) in [6.07, 6.45) is 8.87. The number of hydrogen-bond donors (Lipinski definition) is 0. The molecule has 12 rings (SSSR count). The Kier molecular flexibility index (Phi) is 23.9. The molecule has 4 heterocycles. The molecule has 6 atom stereocenters. The van der Waals surface area contributed by atoms with E-state index in [4.69, 9.17) is 28.3 Å². The summed E-state index contributed by atoms with van der Waals surface area (Å²) < 4.78 is 32.7. The van der Waals surface area contributed by atoms with Crippen molar-refractivity contribution in [2.75, 3.05) is 13.2 Å². The second-order valence-corrected chi connectivity index (χ2v) is 35.8. The first-order valence-electron chi connectivity index (χ1n) is 39.4. The van der Waals surface area contributed by atoms with Crippen LogP contribution in [-0.4, -0.2) is 45.8 Å². The minimum atomic E-state index is -0.622. The molecule has 0 saturated heterocycles. The number of fused-ring (bicyclic) bond motifs is 3. The highest BCUT2D eigenvalue weighted by Crippen LogP contribution is 2.41. The zero-order valence-corrected chi connectivity index (χ0v) is 66.8. The molecule has 12 aromatic rings. The molecule has 0 bridgehead atoms. The maximum atomic E-state index is 12.7. The predicted octanol–water partition coefficient (Wildman–Crippen LogP) is 20.7. The number of oxazole rings is 2. The molecular formula is C96H110B2N6O4. The van der Waals surface area contributed by atoms with Gasteiger partial charge in [0.25, 0.3) is 0 Å². The van der Waals surface area contributed by atoms with Crippen molar-refractivity contribution in [2.24, 2.45) is 57.2 Å². The van der Waals surface area contributed by atoms with Crippen LogP contribution in [0.25, 0.3) is 66.6 Å². The molecule has 554 valence electrons. The Balaban J connectivity index is 1.22. The van der Waals surface area contributed by atoms with E-state index >= 15 is 0 Å². The minimum Gasteiger partial charge on any atom is -0.493 e. The van der Waals surface area contributed by atoms with Crippen LogP contribution >= 0.6 is 0 Å². The van der Waals surface area contributed by atoms with E-state index in [1.807, 2.05) is 72.8 Å². The normalized spacial score (nSPS) is 14.5. The van der Waals surface area contributed by atoms with Gasteiger partial charge < -0.3 is 27.3 Å². The molecule has 0 radical (unpaired) electrons. The van der Waals surface area contributed by atoms with E-state index in [9.17, 15) is 10.5 Å². The fraction of sp³-hybridized carbons (Fsp3) is 0.375. The number of ether oxygens (including phenoxy) is 2. The van der Waals surface area contributed by atoms with Crippen molar-refractivity contribution in [3.05, 3.63) is 241 Å². The van der Waals surface area contributed by atoms with Gasteiger partial charge >= 0.3 is 13.7 Å². The van der Waals surface area contributed by atoms with Crippen LogP contribution in [0, 0.1) is 79.8 Å². The van der Waals surface area contributed by atoms with Crippen LogP contribution in [0.5, 0.6) is 11.5 Å². The summed E-state index contributed by atoms with van der Waals surface area (Å²) >= 11 is 0. The van der Waals surface area contributed by atoms with Crippen LogP contribution in [0.3, 0.4) is 0 Å². The highest BCUT2D eigenvalue weighted by molar-refractivity contribution is 6.85. The van der Waals surface area contributed by atoms with Crippen LogP contribution in [0.15, 0.2) is 227 Å². The first-order chi connectivity index (χ1) is 51.6. The van der Waals surface area contributed by atoms with Crippen molar-refractivity contribution in [3.63, 3.8) is 0 Å². The van der Waals surface area contributed by atoms with E-state index < -0.39 is 13.7 Å². The quantitative estimate of drug-likeness (QED) is 0.0444. The molecule has 6 unspecified atom stereocenters. The SMILES string of the molecule is CC(CCC(COc1ccc(-c2c3/c(=C(\C#N)c4nc5ccccc5o4)n(B(c4ccccc4)c4ccccc4)c(-c4ccc(OCC(CCC(C)CC(C)(C)C)C(C)CC(C)(C)C)cc4)c3/c(=C(\C#N)c3nc4ccccc4o3)n2B(c2ccccc2)c2ccccc2)cc1)C(C)CC(C)(C)C)CC(C)(C)C. The van der Waals surface area contributed by atoms with Crippen LogP contribution in [0.4, 0.5) is 0 Å². The monoisotopic (exact) mass is 1430 g/mol. The zero-order chi connectivity index (χ0) is 76.7. The summed E-state index contributed by atoms with van der Waals surface area (Å²) in [5.41, 5.74) is 10.3. The average Bonchev–Trinajstić information content (AvgIpc) is 1.52. The standard InChI is InChI=1S/C96H110B2N6O4/c1-65(57-93(5,6)7)45-47-71(67(3)59-95(11,12)13)63-105-77-53-49-69(50-54-77)87-85-86(90(80(62-100)92-102-82-42-30-32-44-84(82)108-92)103(87)97(73-33-21-17-22-34-73)74-35-23-18-24-36-74)88(70-51-55-78(56-52-70)106-64-72(68(4)60-96(14,15)16)48-46-66(2)58-94(8,9)10)104(98(75-37-25-19-26-38-75)76-39-27-20-28-40-76)89(85)79(61-99)91-101-81-41-29-31-43-83(81)107-91/h17-44,49-56,65-68,71-72H,45-48,57-60,63-64H2,1-16H3/b89-79-,90-80-. The summed E-state index contributed by atoms with van der Waals surface area (Å²) in [5, 5.41) is 27.7. The average molecular weight is 1430 g/mol. The summed E-state index contributed by atoms with van der Waals surface area (Å²) in [5.74, 6) is 4.43. The van der Waals surface area contributed by atoms with Gasteiger partial charge in [0.05, 0.1) is 23.9 Å². The Labute approximate surface area is 643 Å². The van der Waals surface area contributed by atoms with Gasteiger partial charge in [-0.1, -0.05) is 291 Å². The van der Waals surface area contributed by atoms with Gasteiger partial charge in [0.2, 0.25) is 11.8 Å². The summed E-state index contributed by atoms with van der Waals surface area (Å²) in [6, 6.07) is 80.1. The molecule has 0 aliphatic rings. The molecule has 0 fully saturated rings. The van der Waals surface area contributed by atoms with Gasteiger partial charge in [-0.3, -0.25) is 0 Å². The van der Waals surface area contributed by atoms with E-state index in [1.54, 1.807) is 0 Å². The number of rotatable bonds is 28. The fourth-order valence-corrected chi connectivity index (χ4v) is 17.3. The van der Waals surface area contributed by atoms with E-state index in [2.05, 4.69) is 277 Å². The zero-order valence-electron chi connectivity index (χ0n) is 66.8. The van der Waals surface area contributed by atoms with Gasteiger partial charge in [-0.25, -0.2) is 9.97 Å². The van der Waals surface area contributed by atoms with Crippen LogP contribution in [0.2, 0.25) is 0 Å². The molecule has 0 spiro atoms. The molecule has 0 N–H and O–H groups in total. The Morgan fingerprint density at radius 3 is 0.972 bits per heavy atom. The van der Waals surface area contributed by atoms with Crippen molar-refractivity contribution < 1.29 is 18.3 Å². The molecule has 0 amide bonds. The van der Waals surface area contributed by atoms with Gasteiger partial charge in [0.1, 0.15) is 45.8 Å². The summed E-state index contributed by atoms with van der Waals surface area (Å²) in [4.78, 5) is 10.5. The van der Waals surface area contributed by atoms with Gasteiger partial charge in [-0.2, -0.15) is 10.5 Å². The molecule has 108 heavy (non-hydrogen) atoms.